The number of fused-ring (bicyclic) bond motifs is 1. The van der Waals surface area contributed by atoms with Crippen LogP contribution >= 0.6 is 0 Å². The Labute approximate surface area is 147 Å². The van der Waals surface area contributed by atoms with Crippen molar-refractivity contribution in [2.24, 2.45) is 7.05 Å². The van der Waals surface area contributed by atoms with Gasteiger partial charge in [-0.1, -0.05) is 18.2 Å². The fraction of sp³-hybridized carbons (Fsp3) is 0.389. The minimum absolute atomic E-state index is 0.183. The lowest BCUT2D eigenvalue weighted by atomic mass is 10.1. The van der Waals surface area contributed by atoms with Crippen LogP contribution in [-0.4, -0.2) is 47.4 Å². The van der Waals surface area contributed by atoms with Gasteiger partial charge in [0.2, 0.25) is 0 Å². The molecule has 0 aliphatic carbocycles. The summed E-state index contributed by atoms with van der Waals surface area (Å²) < 4.78 is 26.0. The lowest BCUT2D eigenvalue weighted by molar-refractivity contribution is 0.327. The summed E-state index contributed by atoms with van der Waals surface area (Å²) in [6.07, 6.45) is 5.80. The summed E-state index contributed by atoms with van der Waals surface area (Å²) in [5, 5.41) is 8.16. The van der Waals surface area contributed by atoms with Gasteiger partial charge in [0.25, 0.3) is 0 Å². The zero-order valence-electron chi connectivity index (χ0n) is 14.4. The average molecular weight is 358 g/mol. The van der Waals surface area contributed by atoms with Crippen LogP contribution in [0.3, 0.4) is 0 Å². The predicted octanol–water partition coefficient (Wildman–Crippen LogP) is 2.29. The molecule has 4 rings (SSSR count). The van der Waals surface area contributed by atoms with Gasteiger partial charge in [0, 0.05) is 49.4 Å². The summed E-state index contributed by atoms with van der Waals surface area (Å²) in [5.41, 5.74) is 3.30. The van der Waals surface area contributed by atoms with Crippen LogP contribution in [-0.2, 0) is 23.4 Å². The highest BCUT2D eigenvalue weighted by Gasteiger charge is 2.30. The number of aromatic nitrogens is 3. The molecule has 3 aromatic rings. The third kappa shape index (κ3) is 2.98. The van der Waals surface area contributed by atoms with E-state index in [1.165, 1.54) is 28.9 Å². The molecule has 0 bridgehead atoms. The molecule has 1 unspecified atom stereocenters. The van der Waals surface area contributed by atoms with Crippen LogP contribution in [0.1, 0.15) is 23.6 Å². The van der Waals surface area contributed by atoms with Gasteiger partial charge < -0.3 is 4.57 Å². The standard InChI is InChI=1S/C18H22N4O2S/c1-21-10-14(15-5-3-4-6-16(15)21)12-22-8-7-13(11-22)18-17(9-19-20-18)25(2,23)24/h3-6,9-10,13H,7-8,11-12H2,1-2H3,(H,19,20). The molecule has 2 aromatic heterocycles. The Morgan fingerprint density at radius 1 is 1.32 bits per heavy atom. The van der Waals surface area contributed by atoms with E-state index in [0.29, 0.717) is 4.90 Å². The molecule has 3 heterocycles. The zero-order chi connectivity index (χ0) is 17.6. The van der Waals surface area contributed by atoms with E-state index < -0.39 is 9.84 Å². The summed E-state index contributed by atoms with van der Waals surface area (Å²) in [6, 6.07) is 8.42. The smallest absolute Gasteiger partial charge is 0.178 e. The van der Waals surface area contributed by atoms with E-state index in [1.54, 1.807) is 0 Å². The summed E-state index contributed by atoms with van der Waals surface area (Å²) >= 11 is 0. The molecule has 0 amide bonds. The van der Waals surface area contributed by atoms with Gasteiger partial charge >= 0.3 is 0 Å². The van der Waals surface area contributed by atoms with Gasteiger partial charge in [-0.3, -0.25) is 10.00 Å². The number of rotatable bonds is 4. The predicted molar refractivity (Wildman–Crippen MR) is 97.3 cm³/mol. The Hall–Kier alpha value is -2.12. The number of para-hydroxylation sites is 1. The van der Waals surface area contributed by atoms with Gasteiger partial charge in [-0.05, 0) is 24.6 Å². The first-order valence-electron chi connectivity index (χ1n) is 8.42. The van der Waals surface area contributed by atoms with Crippen molar-refractivity contribution in [2.45, 2.75) is 23.8 Å². The number of sulfone groups is 1. The van der Waals surface area contributed by atoms with E-state index in [4.69, 9.17) is 0 Å². The first-order valence-corrected chi connectivity index (χ1v) is 10.3. The molecule has 132 valence electrons. The second-order valence-electron chi connectivity index (χ2n) is 6.92. The lowest BCUT2D eigenvalue weighted by Crippen LogP contribution is -2.20. The molecule has 1 fully saturated rings. The fourth-order valence-electron chi connectivity index (χ4n) is 3.88. The van der Waals surface area contributed by atoms with Gasteiger partial charge in [-0.25, -0.2) is 8.42 Å². The third-order valence-electron chi connectivity index (χ3n) is 5.09. The molecule has 25 heavy (non-hydrogen) atoms. The van der Waals surface area contributed by atoms with Crippen molar-refractivity contribution in [1.82, 2.24) is 19.7 Å². The molecule has 0 radical (unpaired) electrons. The largest absolute Gasteiger partial charge is 0.350 e. The van der Waals surface area contributed by atoms with E-state index in [-0.39, 0.29) is 5.92 Å². The second kappa shape index (κ2) is 6.00. The van der Waals surface area contributed by atoms with Gasteiger partial charge in [-0.15, -0.1) is 0 Å². The van der Waals surface area contributed by atoms with E-state index >= 15 is 0 Å². The van der Waals surface area contributed by atoms with Crippen molar-refractivity contribution in [3.05, 3.63) is 47.9 Å². The number of nitrogens with one attached hydrogen (secondary N) is 1. The Balaban J connectivity index is 1.54. The number of hydrogen-bond acceptors (Lipinski definition) is 4. The summed E-state index contributed by atoms with van der Waals surface area (Å²) in [6.45, 7) is 2.67. The maximum atomic E-state index is 11.9. The molecule has 1 N–H and O–H groups in total. The van der Waals surface area contributed by atoms with Crippen molar-refractivity contribution in [1.29, 1.82) is 0 Å². The third-order valence-corrected chi connectivity index (χ3v) is 6.21. The highest BCUT2D eigenvalue weighted by Crippen LogP contribution is 2.32. The Kier molecular flexibility index (Phi) is 3.92. The normalized spacial score (nSPS) is 19.0. The van der Waals surface area contributed by atoms with Crippen LogP contribution in [0.15, 0.2) is 41.6 Å². The van der Waals surface area contributed by atoms with Crippen LogP contribution < -0.4 is 0 Å². The minimum atomic E-state index is -3.25. The highest BCUT2D eigenvalue weighted by molar-refractivity contribution is 7.90. The molecule has 1 aliphatic rings. The van der Waals surface area contributed by atoms with Gasteiger partial charge in [-0.2, -0.15) is 5.10 Å². The number of H-pyrrole nitrogens is 1. The maximum absolute atomic E-state index is 11.9. The SMILES string of the molecule is Cn1cc(CN2CCC(c3[nH]ncc3S(C)(=O)=O)C2)c2ccccc21. The van der Waals surface area contributed by atoms with Crippen molar-refractivity contribution >= 4 is 20.7 Å². The second-order valence-corrected chi connectivity index (χ2v) is 8.91. The first-order chi connectivity index (χ1) is 11.9. The number of aryl methyl sites for hydroxylation is 1. The van der Waals surface area contributed by atoms with Crippen molar-refractivity contribution in [3.8, 4) is 0 Å². The van der Waals surface area contributed by atoms with Gasteiger partial charge in [0.1, 0.15) is 4.90 Å². The number of benzene rings is 1. The summed E-state index contributed by atoms with van der Waals surface area (Å²) in [7, 11) is -1.17. The van der Waals surface area contributed by atoms with E-state index in [2.05, 4.69) is 57.2 Å². The molecule has 0 saturated carbocycles. The van der Waals surface area contributed by atoms with Crippen LogP contribution in [0.5, 0.6) is 0 Å². The Bertz CT molecular complexity index is 1020. The Morgan fingerprint density at radius 2 is 2.12 bits per heavy atom. The van der Waals surface area contributed by atoms with E-state index in [9.17, 15) is 8.42 Å². The molecular weight excluding hydrogens is 336 g/mol. The summed E-state index contributed by atoms with van der Waals surface area (Å²) in [4.78, 5) is 2.73. The summed E-state index contributed by atoms with van der Waals surface area (Å²) in [5.74, 6) is 0.183. The molecule has 1 aliphatic heterocycles. The fourth-order valence-corrected chi connectivity index (χ4v) is 4.73. The molecule has 1 aromatic carbocycles. The molecule has 1 saturated heterocycles. The monoisotopic (exact) mass is 358 g/mol. The molecule has 7 heteroatoms. The number of aromatic amines is 1. The van der Waals surface area contributed by atoms with Crippen LogP contribution in [0, 0.1) is 0 Å². The topological polar surface area (TPSA) is 71.0 Å². The number of nitrogens with zero attached hydrogens (tertiary/aromatic N) is 3. The van der Waals surface area contributed by atoms with Crippen LogP contribution in [0.25, 0.3) is 10.9 Å². The molecule has 0 spiro atoms. The van der Waals surface area contributed by atoms with E-state index in [0.717, 1.165) is 31.7 Å². The van der Waals surface area contributed by atoms with Crippen LogP contribution in [0.2, 0.25) is 0 Å². The van der Waals surface area contributed by atoms with Crippen molar-refractivity contribution < 1.29 is 8.42 Å². The minimum Gasteiger partial charge on any atom is -0.350 e. The Morgan fingerprint density at radius 3 is 2.92 bits per heavy atom. The average Bonchev–Trinajstić information content (AvgIpc) is 3.27. The van der Waals surface area contributed by atoms with Crippen LogP contribution in [0.4, 0.5) is 0 Å². The quantitative estimate of drug-likeness (QED) is 0.777. The van der Waals surface area contributed by atoms with Gasteiger partial charge in [0.15, 0.2) is 9.84 Å². The number of hydrogen-bond donors (Lipinski definition) is 1. The zero-order valence-corrected chi connectivity index (χ0v) is 15.3. The first kappa shape index (κ1) is 16.4. The van der Waals surface area contributed by atoms with Crippen molar-refractivity contribution in [3.63, 3.8) is 0 Å². The maximum Gasteiger partial charge on any atom is 0.178 e. The molecule has 6 nitrogen and oxygen atoms in total. The lowest BCUT2D eigenvalue weighted by Gasteiger charge is -2.15. The van der Waals surface area contributed by atoms with Crippen molar-refractivity contribution in [2.75, 3.05) is 19.3 Å². The molecular formula is C18H22N4O2S. The van der Waals surface area contributed by atoms with E-state index in [1.807, 2.05) is 0 Å². The van der Waals surface area contributed by atoms with Gasteiger partial charge in [0.05, 0.1) is 11.9 Å². The number of likely N-dealkylation sites (tertiary alicyclic amines) is 1. The highest BCUT2D eigenvalue weighted by atomic mass is 32.2. The molecule has 1 atom stereocenters.